The molecule has 0 aliphatic carbocycles. The highest BCUT2D eigenvalue weighted by Crippen LogP contribution is 2.17. The predicted molar refractivity (Wildman–Crippen MR) is 154 cm³/mol. The van der Waals surface area contributed by atoms with Crippen molar-refractivity contribution in [3.63, 3.8) is 0 Å². The summed E-state index contributed by atoms with van der Waals surface area (Å²) < 4.78 is 16.3. The molecular formula is C33H46O6. The second-order valence-electron chi connectivity index (χ2n) is 10.4. The molecule has 3 atom stereocenters. The number of hydrogen-bond acceptors (Lipinski definition) is 6. The number of benzene rings is 2. The zero-order valence-corrected chi connectivity index (χ0v) is 23.9. The number of rotatable bonds is 19. The molecule has 0 aliphatic rings. The smallest absolute Gasteiger partial charge is 0.454 e. The molecule has 0 fully saturated rings. The number of Topliss-reactive ketones (excluding diaryl/α,β-unsaturated/α-hetero) is 1. The topological polar surface area (TPSA) is 78.9 Å². The quantitative estimate of drug-likeness (QED) is 0.102. The Labute approximate surface area is 234 Å². The van der Waals surface area contributed by atoms with Crippen LogP contribution in [0.1, 0.15) is 101 Å². The fourth-order valence-corrected chi connectivity index (χ4v) is 4.38. The van der Waals surface area contributed by atoms with Crippen LogP contribution in [0, 0.1) is 5.92 Å². The van der Waals surface area contributed by atoms with Gasteiger partial charge in [-0.2, -0.15) is 0 Å². The van der Waals surface area contributed by atoms with Crippen LogP contribution in [-0.2, 0) is 25.4 Å². The minimum absolute atomic E-state index is 0.0653. The van der Waals surface area contributed by atoms with E-state index in [-0.39, 0.29) is 12.2 Å². The first-order valence-corrected chi connectivity index (χ1v) is 14.5. The van der Waals surface area contributed by atoms with Crippen LogP contribution in [-0.4, -0.2) is 36.7 Å². The Balaban J connectivity index is 1.75. The molecule has 0 bridgehead atoms. The minimum atomic E-state index is -0.873. The fourth-order valence-electron chi connectivity index (χ4n) is 4.38. The summed E-state index contributed by atoms with van der Waals surface area (Å²) in [5.41, 5.74) is 1.81. The molecule has 0 spiro atoms. The highest BCUT2D eigenvalue weighted by molar-refractivity contribution is 6.00. The summed E-state index contributed by atoms with van der Waals surface area (Å²) in [5, 5.41) is 0. The Morgan fingerprint density at radius 3 is 2.10 bits per heavy atom. The number of unbranched alkanes of at least 4 members (excludes halogenated alkanes) is 4. The van der Waals surface area contributed by atoms with Crippen LogP contribution in [0.5, 0.6) is 0 Å². The summed E-state index contributed by atoms with van der Waals surface area (Å²) in [6.07, 6.45) is 7.29. The molecule has 0 aliphatic heterocycles. The van der Waals surface area contributed by atoms with Crippen LogP contribution in [0.4, 0.5) is 4.79 Å². The molecule has 2 aromatic carbocycles. The largest absolute Gasteiger partial charge is 0.508 e. The third kappa shape index (κ3) is 14.0. The fraction of sp³-hybridized carbons (Fsp3) is 0.545. The monoisotopic (exact) mass is 538 g/mol. The minimum Gasteiger partial charge on any atom is -0.454 e. The van der Waals surface area contributed by atoms with Gasteiger partial charge in [-0.15, -0.1) is 0 Å². The Morgan fingerprint density at radius 2 is 1.41 bits per heavy atom. The van der Waals surface area contributed by atoms with E-state index in [1.807, 2.05) is 24.3 Å². The molecule has 2 rings (SSSR count). The molecule has 6 nitrogen and oxygen atoms in total. The van der Waals surface area contributed by atoms with Gasteiger partial charge in [0.05, 0.1) is 6.61 Å². The summed E-state index contributed by atoms with van der Waals surface area (Å²) in [6.45, 7) is 6.21. The van der Waals surface area contributed by atoms with Crippen LogP contribution < -0.4 is 0 Å². The van der Waals surface area contributed by atoms with Gasteiger partial charge in [-0.1, -0.05) is 100 Å². The van der Waals surface area contributed by atoms with Crippen LogP contribution in [0.15, 0.2) is 60.7 Å². The Morgan fingerprint density at radius 1 is 0.744 bits per heavy atom. The van der Waals surface area contributed by atoms with Gasteiger partial charge >= 0.3 is 12.1 Å². The second-order valence-corrected chi connectivity index (χ2v) is 10.4. The highest BCUT2D eigenvalue weighted by atomic mass is 16.7. The lowest BCUT2D eigenvalue weighted by Gasteiger charge is -2.19. The molecule has 0 amide bonds. The van der Waals surface area contributed by atoms with Crippen molar-refractivity contribution in [2.75, 3.05) is 6.61 Å². The molecule has 3 unspecified atom stereocenters. The van der Waals surface area contributed by atoms with Crippen molar-refractivity contribution in [2.45, 2.75) is 104 Å². The molecule has 39 heavy (non-hydrogen) atoms. The van der Waals surface area contributed by atoms with Gasteiger partial charge in [0.2, 0.25) is 5.78 Å². The molecule has 0 aromatic heterocycles. The van der Waals surface area contributed by atoms with Gasteiger partial charge in [0.1, 0.15) is 6.10 Å². The van der Waals surface area contributed by atoms with E-state index in [0.29, 0.717) is 30.9 Å². The van der Waals surface area contributed by atoms with Crippen molar-refractivity contribution < 1.29 is 28.6 Å². The zero-order chi connectivity index (χ0) is 28.3. The van der Waals surface area contributed by atoms with E-state index in [1.54, 1.807) is 31.2 Å². The third-order valence-corrected chi connectivity index (χ3v) is 6.90. The second kappa shape index (κ2) is 19.0. The van der Waals surface area contributed by atoms with Crippen molar-refractivity contribution in [3.8, 4) is 0 Å². The molecule has 0 saturated heterocycles. The van der Waals surface area contributed by atoms with Crippen molar-refractivity contribution >= 4 is 17.9 Å². The number of carbonyl (C=O) groups is 3. The number of ether oxygens (including phenoxy) is 3. The number of carbonyl (C=O) groups excluding carboxylic acids is 3. The average Bonchev–Trinajstić information content (AvgIpc) is 2.95. The van der Waals surface area contributed by atoms with Crippen molar-refractivity contribution in [3.05, 3.63) is 71.8 Å². The molecule has 0 heterocycles. The van der Waals surface area contributed by atoms with Crippen LogP contribution in [0.25, 0.3) is 0 Å². The predicted octanol–water partition coefficient (Wildman–Crippen LogP) is 8.12. The van der Waals surface area contributed by atoms with E-state index in [4.69, 9.17) is 14.2 Å². The maximum absolute atomic E-state index is 12.5. The van der Waals surface area contributed by atoms with Gasteiger partial charge in [0.25, 0.3) is 0 Å². The molecule has 0 saturated carbocycles. The maximum Gasteiger partial charge on any atom is 0.508 e. The van der Waals surface area contributed by atoms with E-state index in [1.165, 1.54) is 12.0 Å². The van der Waals surface area contributed by atoms with Crippen LogP contribution >= 0.6 is 0 Å². The van der Waals surface area contributed by atoms with Crippen LogP contribution in [0.2, 0.25) is 0 Å². The molecule has 0 radical (unpaired) electrons. The lowest BCUT2D eigenvalue weighted by atomic mass is 9.99. The first kappa shape index (κ1) is 32.1. The van der Waals surface area contributed by atoms with E-state index in [0.717, 1.165) is 44.9 Å². The summed E-state index contributed by atoms with van der Waals surface area (Å²) in [7, 11) is 0. The maximum atomic E-state index is 12.5. The highest BCUT2D eigenvalue weighted by Gasteiger charge is 2.22. The van der Waals surface area contributed by atoms with Gasteiger partial charge in [-0.3, -0.25) is 9.59 Å². The van der Waals surface area contributed by atoms with Crippen molar-refractivity contribution in [1.82, 2.24) is 0 Å². The average molecular weight is 539 g/mol. The van der Waals surface area contributed by atoms with E-state index in [2.05, 4.69) is 26.0 Å². The molecular weight excluding hydrogens is 492 g/mol. The van der Waals surface area contributed by atoms with Gasteiger partial charge in [0.15, 0.2) is 6.10 Å². The number of hydrogen-bond donors (Lipinski definition) is 0. The molecule has 0 N–H and O–H groups in total. The third-order valence-electron chi connectivity index (χ3n) is 6.90. The first-order chi connectivity index (χ1) is 18.9. The summed E-state index contributed by atoms with van der Waals surface area (Å²) >= 11 is 0. The van der Waals surface area contributed by atoms with E-state index >= 15 is 0 Å². The van der Waals surface area contributed by atoms with Crippen molar-refractivity contribution in [2.24, 2.45) is 5.92 Å². The summed E-state index contributed by atoms with van der Waals surface area (Å²) in [5.74, 6) is -0.302. The first-order valence-electron chi connectivity index (χ1n) is 14.5. The van der Waals surface area contributed by atoms with Gasteiger partial charge in [-0.25, -0.2) is 4.79 Å². The Hall–Kier alpha value is -3.15. The standard InChI is InChI=1S/C33H46O6/c1-4-5-6-7-14-19-30(22-23-31(34)38-27(3)32(35)29-17-12-9-13-18-29)39-33(36)37-25-24-26(2)20-21-28-15-10-8-11-16-28/h8-13,15-18,26-27,30H,4-7,14,19-25H2,1-3H3. The van der Waals surface area contributed by atoms with Gasteiger partial charge in [0, 0.05) is 12.0 Å². The van der Waals surface area contributed by atoms with Gasteiger partial charge < -0.3 is 14.2 Å². The Bertz CT molecular complexity index is 959. The molecule has 6 heteroatoms. The molecule has 2 aromatic rings. The number of esters is 1. The normalized spacial score (nSPS) is 13.2. The van der Waals surface area contributed by atoms with Crippen molar-refractivity contribution in [1.29, 1.82) is 0 Å². The number of ketones is 1. The van der Waals surface area contributed by atoms with Crippen LogP contribution in [0.3, 0.4) is 0 Å². The summed E-state index contributed by atoms with van der Waals surface area (Å²) in [6, 6.07) is 19.1. The lowest BCUT2D eigenvalue weighted by Crippen LogP contribution is -2.26. The van der Waals surface area contributed by atoms with Gasteiger partial charge in [-0.05, 0) is 56.9 Å². The SMILES string of the molecule is CCCCCCCC(CCC(=O)OC(C)C(=O)c1ccccc1)OC(=O)OCCC(C)CCc1ccccc1. The number of aryl methyl sites for hydroxylation is 1. The zero-order valence-electron chi connectivity index (χ0n) is 23.9. The van der Waals surface area contributed by atoms with E-state index in [9.17, 15) is 14.4 Å². The Kier molecular flexibility index (Phi) is 15.6. The molecule has 214 valence electrons. The lowest BCUT2D eigenvalue weighted by molar-refractivity contribution is -0.147. The summed E-state index contributed by atoms with van der Waals surface area (Å²) in [4.78, 5) is 37.4. The van der Waals surface area contributed by atoms with E-state index < -0.39 is 24.3 Å².